The van der Waals surface area contributed by atoms with Crippen LogP contribution in [0.1, 0.15) is 41.6 Å². The highest BCUT2D eigenvalue weighted by Gasteiger charge is 2.23. The van der Waals surface area contributed by atoms with Gasteiger partial charge in [-0.15, -0.1) is 0 Å². The number of nitrogens with zero attached hydrogens (tertiary/aromatic N) is 1. The van der Waals surface area contributed by atoms with Gasteiger partial charge in [0.05, 0.1) is 0 Å². The molecule has 0 saturated carbocycles. The molecule has 1 aliphatic rings. The number of likely N-dealkylation sites (N-methyl/N-ethyl adjacent to an activating group) is 1. The summed E-state index contributed by atoms with van der Waals surface area (Å²) in [6.07, 6.45) is 1.53. The number of piperidine rings is 1. The van der Waals surface area contributed by atoms with E-state index in [0.29, 0.717) is 12.3 Å². The average molecular weight is 231 g/mol. The second-order valence-corrected chi connectivity index (χ2v) is 4.69. The Labute approximate surface area is 101 Å². The molecule has 3 nitrogen and oxygen atoms in total. The second-order valence-electron chi connectivity index (χ2n) is 4.69. The number of carbonyl (C=O) groups excluding carboxylic acids is 2. The lowest BCUT2D eigenvalue weighted by Gasteiger charge is -2.29. The average Bonchev–Trinajstić information content (AvgIpc) is 2.33. The highest BCUT2D eigenvalue weighted by Crippen LogP contribution is 2.26. The molecule has 3 heteroatoms. The molecule has 0 aliphatic carbocycles. The van der Waals surface area contributed by atoms with E-state index in [9.17, 15) is 9.59 Å². The molecule has 1 heterocycles. The van der Waals surface area contributed by atoms with Crippen molar-refractivity contribution in [3.63, 3.8) is 0 Å². The van der Waals surface area contributed by atoms with Crippen molar-refractivity contribution < 1.29 is 9.59 Å². The summed E-state index contributed by atoms with van der Waals surface area (Å²) in [4.78, 5) is 24.4. The van der Waals surface area contributed by atoms with Gasteiger partial charge in [0.2, 0.25) is 5.91 Å². The molecule has 0 aromatic heterocycles. The number of carbonyl (C=O) groups is 2. The van der Waals surface area contributed by atoms with Crippen LogP contribution < -0.4 is 0 Å². The van der Waals surface area contributed by atoms with Gasteiger partial charge in [-0.25, -0.2) is 0 Å². The zero-order chi connectivity index (χ0) is 12.4. The van der Waals surface area contributed by atoms with Crippen molar-refractivity contribution in [1.29, 1.82) is 0 Å². The van der Waals surface area contributed by atoms with E-state index in [4.69, 9.17) is 0 Å². The number of hydrogen-bond acceptors (Lipinski definition) is 2. The molecule has 0 bridgehead atoms. The van der Waals surface area contributed by atoms with Crippen LogP contribution in [-0.4, -0.2) is 30.2 Å². The normalized spacial score (nSPS) is 20.5. The molecule has 1 aromatic carbocycles. The molecule has 0 N–H and O–H groups in total. The van der Waals surface area contributed by atoms with Crippen LogP contribution in [0.25, 0.3) is 0 Å². The predicted molar refractivity (Wildman–Crippen MR) is 66.1 cm³/mol. The Hall–Kier alpha value is -1.64. The molecule has 2 rings (SSSR count). The molecule has 1 amide bonds. The molecule has 1 fully saturated rings. The maximum atomic E-state index is 11.4. The first-order valence-electron chi connectivity index (χ1n) is 5.93. The van der Waals surface area contributed by atoms with Gasteiger partial charge in [-0.1, -0.05) is 24.3 Å². The Morgan fingerprint density at radius 1 is 1.29 bits per heavy atom. The fraction of sp³-hybridized carbons (Fsp3) is 0.429. The summed E-state index contributed by atoms with van der Waals surface area (Å²) in [5, 5.41) is 0. The van der Waals surface area contributed by atoms with Gasteiger partial charge in [0.15, 0.2) is 5.78 Å². The summed E-state index contributed by atoms with van der Waals surface area (Å²) in [6, 6.07) is 7.75. The first-order valence-corrected chi connectivity index (χ1v) is 5.93. The Morgan fingerprint density at radius 3 is 2.47 bits per heavy atom. The largest absolute Gasteiger partial charge is 0.345 e. The van der Waals surface area contributed by atoms with Gasteiger partial charge in [-0.2, -0.15) is 0 Å². The molecule has 1 aliphatic heterocycles. The molecule has 0 radical (unpaired) electrons. The van der Waals surface area contributed by atoms with Crippen molar-refractivity contribution in [3.8, 4) is 0 Å². The maximum absolute atomic E-state index is 11.4. The molecular weight excluding hydrogens is 214 g/mol. The Balaban J connectivity index is 2.12. The molecule has 90 valence electrons. The van der Waals surface area contributed by atoms with Crippen molar-refractivity contribution >= 4 is 11.7 Å². The Morgan fingerprint density at radius 2 is 1.94 bits per heavy atom. The van der Waals surface area contributed by atoms with Gasteiger partial charge in [0, 0.05) is 31.5 Å². The summed E-state index contributed by atoms with van der Waals surface area (Å²) < 4.78 is 0. The molecule has 1 aromatic rings. The van der Waals surface area contributed by atoms with Gasteiger partial charge in [-0.05, 0) is 18.9 Å². The molecular formula is C14H17NO2. The molecule has 1 atom stereocenters. The van der Waals surface area contributed by atoms with Gasteiger partial charge >= 0.3 is 0 Å². The van der Waals surface area contributed by atoms with Crippen LogP contribution in [0.15, 0.2) is 24.3 Å². The van der Waals surface area contributed by atoms with E-state index in [1.165, 1.54) is 5.56 Å². The molecule has 1 saturated heterocycles. The topological polar surface area (TPSA) is 37.4 Å². The molecule has 1 unspecified atom stereocenters. The number of hydrogen-bond donors (Lipinski definition) is 0. The van der Waals surface area contributed by atoms with E-state index < -0.39 is 0 Å². The third kappa shape index (κ3) is 2.54. The number of ketones is 1. The first-order chi connectivity index (χ1) is 8.08. The van der Waals surface area contributed by atoms with E-state index >= 15 is 0 Å². The Bertz CT molecular complexity index is 436. The fourth-order valence-corrected chi connectivity index (χ4v) is 2.27. The van der Waals surface area contributed by atoms with Crippen LogP contribution in [0.2, 0.25) is 0 Å². The van der Waals surface area contributed by atoms with Crippen LogP contribution in [-0.2, 0) is 4.79 Å². The van der Waals surface area contributed by atoms with Crippen molar-refractivity contribution in [2.24, 2.45) is 0 Å². The summed E-state index contributed by atoms with van der Waals surface area (Å²) >= 11 is 0. The summed E-state index contributed by atoms with van der Waals surface area (Å²) in [5.41, 5.74) is 1.96. The van der Waals surface area contributed by atoms with E-state index in [0.717, 1.165) is 18.5 Å². The zero-order valence-electron chi connectivity index (χ0n) is 10.3. The highest BCUT2D eigenvalue weighted by molar-refractivity contribution is 5.94. The highest BCUT2D eigenvalue weighted by atomic mass is 16.2. The standard InChI is InChI=1S/C14H17NO2/c1-10(16)11-3-5-12(6-4-11)13-7-8-14(17)15(2)9-13/h3-6,13H,7-9H2,1-2H3. The monoisotopic (exact) mass is 231 g/mol. The summed E-state index contributed by atoms with van der Waals surface area (Å²) in [5.74, 6) is 0.716. The van der Waals surface area contributed by atoms with Gasteiger partial charge in [0.1, 0.15) is 0 Å². The minimum Gasteiger partial charge on any atom is -0.345 e. The van der Waals surface area contributed by atoms with Crippen molar-refractivity contribution in [2.75, 3.05) is 13.6 Å². The minimum atomic E-state index is 0.0903. The van der Waals surface area contributed by atoms with E-state index in [1.807, 2.05) is 31.3 Å². The van der Waals surface area contributed by atoms with Crippen molar-refractivity contribution in [1.82, 2.24) is 4.90 Å². The molecule has 17 heavy (non-hydrogen) atoms. The Kier molecular flexibility index (Phi) is 3.27. The third-order valence-electron chi connectivity index (χ3n) is 3.42. The smallest absolute Gasteiger partial charge is 0.222 e. The number of amides is 1. The van der Waals surface area contributed by atoms with Crippen molar-refractivity contribution in [2.45, 2.75) is 25.7 Å². The van der Waals surface area contributed by atoms with Gasteiger partial charge in [-0.3, -0.25) is 9.59 Å². The van der Waals surface area contributed by atoms with Gasteiger partial charge in [0.25, 0.3) is 0 Å². The lowest BCUT2D eigenvalue weighted by Crippen LogP contribution is -2.35. The van der Waals surface area contributed by atoms with Gasteiger partial charge < -0.3 is 4.90 Å². The van der Waals surface area contributed by atoms with E-state index in [1.54, 1.807) is 11.8 Å². The second kappa shape index (κ2) is 4.70. The molecule has 0 spiro atoms. The van der Waals surface area contributed by atoms with Crippen LogP contribution >= 0.6 is 0 Å². The fourth-order valence-electron chi connectivity index (χ4n) is 2.27. The van der Waals surface area contributed by atoms with Crippen LogP contribution in [0.4, 0.5) is 0 Å². The van der Waals surface area contributed by atoms with E-state index in [2.05, 4.69) is 0 Å². The van der Waals surface area contributed by atoms with Crippen LogP contribution in [0.5, 0.6) is 0 Å². The van der Waals surface area contributed by atoms with Crippen LogP contribution in [0.3, 0.4) is 0 Å². The number of Topliss-reactive ketones (excluding diaryl/α,β-unsaturated/α-hetero) is 1. The number of benzene rings is 1. The summed E-state index contributed by atoms with van der Waals surface area (Å²) in [7, 11) is 1.85. The SMILES string of the molecule is CC(=O)c1ccc(C2CCC(=O)N(C)C2)cc1. The van der Waals surface area contributed by atoms with Crippen LogP contribution in [0, 0.1) is 0 Å². The number of rotatable bonds is 2. The quantitative estimate of drug-likeness (QED) is 0.732. The van der Waals surface area contributed by atoms with Crippen molar-refractivity contribution in [3.05, 3.63) is 35.4 Å². The zero-order valence-corrected chi connectivity index (χ0v) is 10.3. The lowest BCUT2D eigenvalue weighted by atomic mass is 9.90. The maximum Gasteiger partial charge on any atom is 0.222 e. The lowest BCUT2D eigenvalue weighted by molar-refractivity contribution is -0.132. The predicted octanol–water partition coefficient (Wildman–Crippen LogP) is 2.23. The third-order valence-corrected chi connectivity index (χ3v) is 3.42. The summed E-state index contributed by atoms with van der Waals surface area (Å²) in [6.45, 7) is 2.35. The minimum absolute atomic E-state index is 0.0903. The first kappa shape index (κ1) is 11.8. The van der Waals surface area contributed by atoms with E-state index in [-0.39, 0.29) is 11.7 Å². The number of likely N-dealkylation sites (tertiary alicyclic amines) is 1.